The van der Waals surface area contributed by atoms with Crippen molar-refractivity contribution in [3.63, 3.8) is 0 Å². The van der Waals surface area contributed by atoms with E-state index in [0.717, 1.165) is 30.5 Å². The molecule has 0 bridgehead atoms. The maximum absolute atomic E-state index is 3.59. The van der Waals surface area contributed by atoms with Crippen LogP contribution in [0, 0.1) is 11.8 Å². The van der Waals surface area contributed by atoms with Gasteiger partial charge in [0.05, 0.1) is 0 Å². The van der Waals surface area contributed by atoms with Crippen LogP contribution in [-0.2, 0) is 0 Å². The van der Waals surface area contributed by atoms with Gasteiger partial charge in [0.25, 0.3) is 0 Å². The minimum atomic E-state index is 0.764. The van der Waals surface area contributed by atoms with Gasteiger partial charge in [-0.3, -0.25) is 4.90 Å². The largest absolute Gasteiger partial charge is 0.313 e. The van der Waals surface area contributed by atoms with Gasteiger partial charge in [0.1, 0.15) is 0 Å². The van der Waals surface area contributed by atoms with E-state index in [1.807, 2.05) is 0 Å². The Balaban J connectivity index is 1.81. The van der Waals surface area contributed by atoms with E-state index in [1.165, 1.54) is 38.8 Å². The maximum atomic E-state index is 3.59. The zero-order valence-electron chi connectivity index (χ0n) is 11.2. The molecule has 2 aliphatic rings. The standard InChI is InChI=1S/C14H28N2/c1-4-15-13-7-8-16(10-13)14-6-5-11(2)12(3)9-14/h11-15H,4-10H2,1-3H3. The lowest BCUT2D eigenvalue weighted by Crippen LogP contribution is -2.41. The molecule has 4 unspecified atom stereocenters. The fourth-order valence-electron chi connectivity index (χ4n) is 3.43. The first-order valence-corrected chi connectivity index (χ1v) is 7.18. The van der Waals surface area contributed by atoms with Gasteiger partial charge in [0.2, 0.25) is 0 Å². The summed E-state index contributed by atoms with van der Waals surface area (Å²) in [5, 5.41) is 3.59. The summed E-state index contributed by atoms with van der Waals surface area (Å²) in [6.45, 7) is 10.8. The number of nitrogens with one attached hydrogen (secondary N) is 1. The molecule has 1 saturated heterocycles. The van der Waals surface area contributed by atoms with Gasteiger partial charge in [-0.25, -0.2) is 0 Å². The first-order valence-electron chi connectivity index (χ1n) is 7.18. The lowest BCUT2D eigenvalue weighted by molar-refractivity contribution is 0.128. The van der Waals surface area contributed by atoms with Crippen molar-refractivity contribution in [3.8, 4) is 0 Å². The van der Waals surface area contributed by atoms with E-state index >= 15 is 0 Å². The molecule has 1 N–H and O–H groups in total. The molecule has 2 fully saturated rings. The SMILES string of the molecule is CCNC1CCN(C2CCC(C)C(C)C2)C1. The van der Waals surface area contributed by atoms with Crippen LogP contribution in [0.5, 0.6) is 0 Å². The Kier molecular flexibility index (Phi) is 4.26. The van der Waals surface area contributed by atoms with Crippen LogP contribution >= 0.6 is 0 Å². The second kappa shape index (κ2) is 5.50. The Morgan fingerprint density at radius 3 is 2.62 bits per heavy atom. The number of hydrogen-bond acceptors (Lipinski definition) is 2. The minimum absolute atomic E-state index is 0.764. The van der Waals surface area contributed by atoms with Crippen LogP contribution in [0.1, 0.15) is 46.5 Å². The summed E-state index contributed by atoms with van der Waals surface area (Å²) in [6.07, 6.45) is 5.66. The van der Waals surface area contributed by atoms with Crippen molar-refractivity contribution < 1.29 is 0 Å². The normalized spacial score (nSPS) is 41.4. The molecule has 1 aliphatic heterocycles. The van der Waals surface area contributed by atoms with E-state index in [9.17, 15) is 0 Å². The Hall–Kier alpha value is -0.0800. The molecule has 0 radical (unpaired) electrons. The van der Waals surface area contributed by atoms with Gasteiger partial charge in [-0.2, -0.15) is 0 Å². The average molecular weight is 224 g/mol. The summed E-state index contributed by atoms with van der Waals surface area (Å²) >= 11 is 0. The molecule has 0 aromatic carbocycles. The highest BCUT2D eigenvalue weighted by Gasteiger charge is 2.32. The highest BCUT2D eigenvalue weighted by atomic mass is 15.2. The third-order valence-electron chi connectivity index (χ3n) is 4.80. The minimum Gasteiger partial charge on any atom is -0.313 e. The third kappa shape index (κ3) is 2.78. The van der Waals surface area contributed by atoms with Gasteiger partial charge >= 0.3 is 0 Å². The van der Waals surface area contributed by atoms with Crippen molar-refractivity contribution in [2.45, 2.75) is 58.5 Å². The first kappa shape index (κ1) is 12.4. The summed E-state index contributed by atoms with van der Waals surface area (Å²) in [7, 11) is 0. The molecule has 0 spiro atoms. The number of nitrogens with zero attached hydrogens (tertiary/aromatic N) is 1. The molecule has 16 heavy (non-hydrogen) atoms. The Labute approximate surface area is 101 Å². The second-order valence-corrected chi connectivity index (χ2v) is 5.96. The highest BCUT2D eigenvalue weighted by Crippen LogP contribution is 2.33. The molecular formula is C14H28N2. The molecule has 2 heteroatoms. The van der Waals surface area contributed by atoms with Crippen molar-refractivity contribution in [1.29, 1.82) is 0 Å². The van der Waals surface area contributed by atoms with E-state index in [1.54, 1.807) is 0 Å². The fraction of sp³-hybridized carbons (Fsp3) is 1.00. The summed E-state index contributed by atoms with van der Waals surface area (Å²) in [5.41, 5.74) is 0. The monoisotopic (exact) mass is 224 g/mol. The summed E-state index contributed by atoms with van der Waals surface area (Å²) in [5.74, 6) is 1.88. The molecule has 2 nitrogen and oxygen atoms in total. The first-order chi connectivity index (χ1) is 7.70. The van der Waals surface area contributed by atoms with Gasteiger partial charge in [0.15, 0.2) is 0 Å². The molecule has 0 aromatic heterocycles. The number of rotatable bonds is 3. The van der Waals surface area contributed by atoms with Crippen molar-refractivity contribution >= 4 is 0 Å². The van der Waals surface area contributed by atoms with E-state index in [-0.39, 0.29) is 0 Å². The summed E-state index contributed by atoms with van der Waals surface area (Å²) in [6, 6.07) is 1.65. The van der Waals surface area contributed by atoms with Gasteiger partial charge in [-0.15, -0.1) is 0 Å². The summed E-state index contributed by atoms with van der Waals surface area (Å²) in [4.78, 5) is 2.75. The number of likely N-dealkylation sites (N-methyl/N-ethyl adjacent to an activating group) is 1. The third-order valence-corrected chi connectivity index (χ3v) is 4.80. The summed E-state index contributed by atoms with van der Waals surface area (Å²) < 4.78 is 0. The molecule has 1 aliphatic carbocycles. The number of hydrogen-bond donors (Lipinski definition) is 1. The zero-order chi connectivity index (χ0) is 11.5. The second-order valence-electron chi connectivity index (χ2n) is 5.96. The molecular weight excluding hydrogens is 196 g/mol. The fourth-order valence-corrected chi connectivity index (χ4v) is 3.43. The van der Waals surface area contributed by atoms with Gasteiger partial charge in [0, 0.05) is 25.2 Å². The molecule has 2 rings (SSSR count). The van der Waals surface area contributed by atoms with Crippen LogP contribution in [0.4, 0.5) is 0 Å². The van der Waals surface area contributed by atoms with Crippen molar-refractivity contribution in [2.75, 3.05) is 19.6 Å². The van der Waals surface area contributed by atoms with Crippen LogP contribution in [0.25, 0.3) is 0 Å². The van der Waals surface area contributed by atoms with E-state index in [4.69, 9.17) is 0 Å². The lowest BCUT2D eigenvalue weighted by Gasteiger charge is -2.37. The van der Waals surface area contributed by atoms with Crippen molar-refractivity contribution in [1.82, 2.24) is 10.2 Å². The van der Waals surface area contributed by atoms with E-state index in [0.29, 0.717) is 0 Å². The molecule has 1 saturated carbocycles. The van der Waals surface area contributed by atoms with Crippen LogP contribution in [0.3, 0.4) is 0 Å². The smallest absolute Gasteiger partial charge is 0.0207 e. The topological polar surface area (TPSA) is 15.3 Å². The number of likely N-dealkylation sites (tertiary alicyclic amines) is 1. The Morgan fingerprint density at radius 1 is 1.12 bits per heavy atom. The predicted octanol–water partition coefficient (Wildman–Crippen LogP) is 2.49. The molecule has 0 aromatic rings. The molecule has 94 valence electrons. The van der Waals surface area contributed by atoms with Crippen molar-refractivity contribution in [3.05, 3.63) is 0 Å². The maximum Gasteiger partial charge on any atom is 0.0207 e. The Bertz CT molecular complexity index is 217. The molecule has 1 heterocycles. The quantitative estimate of drug-likeness (QED) is 0.792. The van der Waals surface area contributed by atoms with E-state index in [2.05, 4.69) is 31.0 Å². The molecule has 4 atom stereocenters. The van der Waals surface area contributed by atoms with Crippen molar-refractivity contribution in [2.24, 2.45) is 11.8 Å². The van der Waals surface area contributed by atoms with Gasteiger partial charge in [-0.1, -0.05) is 20.8 Å². The highest BCUT2D eigenvalue weighted by molar-refractivity contribution is 4.88. The van der Waals surface area contributed by atoms with Crippen LogP contribution in [-0.4, -0.2) is 36.6 Å². The lowest BCUT2D eigenvalue weighted by atomic mass is 9.78. The molecule has 0 amide bonds. The average Bonchev–Trinajstić information content (AvgIpc) is 2.71. The van der Waals surface area contributed by atoms with Crippen LogP contribution in [0.15, 0.2) is 0 Å². The van der Waals surface area contributed by atoms with Gasteiger partial charge < -0.3 is 5.32 Å². The van der Waals surface area contributed by atoms with Gasteiger partial charge in [-0.05, 0) is 44.1 Å². The van der Waals surface area contributed by atoms with E-state index < -0.39 is 0 Å². The zero-order valence-corrected chi connectivity index (χ0v) is 11.2. The van der Waals surface area contributed by atoms with Crippen LogP contribution in [0.2, 0.25) is 0 Å². The predicted molar refractivity (Wildman–Crippen MR) is 69.6 cm³/mol. The van der Waals surface area contributed by atoms with Crippen LogP contribution < -0.4 is 5.32 Å². The Morgan fingerprint density at radius 2 is 1.94 bits per heavy atom.